The fourth-order valence-corrected chi connectivity index (χ4v) is 5.52. The van der Waals surface area contributed by atoms with Crippen molar-refractivity contribution < 1.29 is 24.4 Å². The molecule has 1 saturated carbocycles. The molecule has 5 rings (SSSR count). The highest BCUT2D eigenvalue weighted by Gasteiger charge is 2.54. The van der Waals surface area contributed by atoms with E-state index in [9.17, 15) is 19.7 Å². The highest BCUT2D eigenvalue weighted by Crippen LogP contribution is 2.60. The number of fused-ring (bicyclic) bond motifs is 3. The number of carbonyl (C=O) groups is 2. The molecule has 2 unspecified atom stereocenters. The van der Waals surface area contributed by atoms with Gasteiger partial charge < -0.3 is 24.7 Å². The Labute approximate surface area is 178 Å². The second kappa shape index (κ2) is 7.66. The molecule has 2 fully saturated rings. The first-order valence-corrected chi connectivity index (χ1v) is 11.1. The Bertz CT molecular complexity index is 979. The smallest absolute Gasteiger partial charge is 0.526 e. The molecule has 1 aromatic heterocycles. The summed E-state index contributed by atoms with van der Waals surface area (Å²) in [6, 6.07) is 3.81. The number of H-pyrrole nitrogens is 1. The van der Waals surface area contributed by atoms with Crippen LogP contribution in [0.25, 0.3) is 0 Å². The van der Waals surface area contributed by atoms with Gasteiger partial charge in [0.1, 0.15) is 11.3 Å². The fourth-order valence-electron chi connectivity index (χ4n) is 4.36. The number of carboxylic acid groups (broad SMARTS) is 1. The van der Waals surface area contributed by atoms with E-state index in [0.29, 0.717) is 23.0 Å². The van der Waals surface area contributed by atoms with Crippen molar-refractivity contribution in [2.75, 3.05) is 18.8 Å². The molecule has 1 aliphatic carbocycles. The SMILES string of the molecule is O=C(O)c1c(SCCC2CN(C(=O)Cc3c[nH]cn3)C2)ccc2c1OB(O)C1CC21. The summed E-state index contributed by atoms with van der Waals surface area (Å²) in [5, 5.41) is 19.8. The minimum Gasteiger partial charge on any atom is -0.535 e. The molecule has 8 nitrogen and oxygen atoms in total. The third-order valence-corrected chi connectivity index (χ3v) is 7.28. The number of nitrogens with one attached hydrogen (secondary N) is 1. The third-order valence-electron chi connectivity index (χ3n) is 6.19. The Hall–Kier alpha value is -2.46. The summed E-state index contributed by atoms with van der Waals surface area (Å²) < 4.78 is 5.57. The van der Waals surface area contributed by atoms with Gasteiger partial charge in [0.05, 0.1) is 18.4 Å². The summed E-state index contributed by atoms with van der Waals surface area (Å²) in [6.45, 7) is 1.47. The molecule has 3 aliphatic rings. The topological polar surface area (TPSA) is 116 Å². The highest BCUT2D eigenvalue weighted by molar-refractivity contribution is 7.99. The number of hydrogen-bond donors (Lipinski definition) is 3. The third kappa shape index (κ3) is 3.58. The van der Waals surface area contributed by atoms with Gasteiger partial charge in [-0.3, -0.25) is 4.79 Å². The van der Waals surface area contributed by atoms with Crippen molar-refractivity contribution in [2.24, 2.45) is 5.92 Å². The van der Waals surface area contributed by atoms with Crippen molar-refractivity contribution in [1.82, 2.24) is 14.9 Å². The molecular weight excluding hydrogens is 405 g/mol. The van der Waals surface area contributed by atoms with Gasteiger partial charge in [0.15, 0.2) is 0 Å². The van der Waals surface area contributed by atoms with Crippen molar-refractivity contribution in [1.29, 1.82) is 0 Å². The van der Waals surface area contributed by atoms with E-state index < -0.39 is 13.1 Å². The largest absolute Gasteiger partial charge is 0.535 e. The van der Waals surface area contributed by atoms with Gasteiger partial charge in [0.2, 0.25) is 5.91 Å². The Kier molecular flexibility index (Phi) is 4.98. The van der Waals surface area contributed by atoms with Crippen LogP contribution < -0.4 is 4.65 Å². The standard InChI is InChI=1S/C20H22BN3O5S/c25-17(5-12-7-22-10-23-12)24-8-11(9-24)3-4-30-16-2-1-13-14-6-15(14)21(28)29-19(13)18(16)20(26)27/h1-2,7,10-11,14-15,28H,3-6,8-9H2,(H,22,23)(H,26,27). The quantitative estimate of drug-likeness (QED) is 0.457. The summed E-state index contributed by atoms with van der Waals surface area (Å²) >= 11 is 1.50. The normalized spacial score (nSPS) is 22.0. The molecule has 2 atom stereocenters. The van der Waals surface area contributed by atoms with E-state index in [1.54, 1.807) is 12.5 Å². The zero-order valence-electron chi connectivity index (χ0n) is 16.3. The van der Waals surface area contributed by atoms with E-state index in [0.717, 1.165) is 42.9 Å². The number of imidazole rings is 1. The molecule has 2 aromatic rings. The Morgan fingerprint density at radius 1 is 1.37 bits per heavy atom. The number of amides is 1. The number of aromatic nitrogens is 2. The average Bonchev–Trinajstić information content (AvgIpc) is 3.33. The van der Waals surface area contributed by atoms with Crippen LogP contribution >= 0.6 is 11.8 Å². The van der Waals surface area contributed by atoms with Crippen LogP contribution in [-0.4, -0.2) is 62.8 Å². The molecule has 1 amide bonds. The molecule has 156 valence electrons. The van der Waals surface area contributed by atoms with Crippen LogP contribution in [0, 0.1) is 5.92 Å². The lowest BCUT2D eigenvalue weighted by molar-refractivity contribution is -0.136. The first-order chi connectivity index (χ1) is 14.5. The van der Waals surface area contributed by atoms with E-state index >= 15 is 0 Å². The number of nitrogens with zero attached hydrogens (tertiary/aromatic N) is 2. The first-order valence-electron chi connectivity index (χ1n) is 10.1. The van der Waals surface area contributed by atoms with Crippen LogP contribution in [0.1, 0.15) is 40.4 Å². The molecular formula is C20H22BN3O5S. The summed E-state index contributed by atoms with van der Waals surface area (Å²) in [4.78, 5) is 33.6. The van der Waals surface area contributed by atoms with Crippen molar-refractivity contribution in [3.05, 3.63) is 41.5 Å². The summed E-state index contributed by atoms with van der Waals surface area (Å²) in [6.07, 6.45) is 5.36. The van der Waals surface area contributed by atoms with Gasteiger partial charge in [-0.2, -0.15) is 0 Å². The predicted octanol–water partition coefficient (Wildman–Crippen LogP) is 2.02. The Morgan fingerprint density at radius 2 is 2.20 bits per heavy atom. The van der Waals surface area contributed by atoms with Gasteiger partial charge in [-0.25, -0.2) is 9.78 Å². The lowest BCUT2D eigenvalue weighted by Gasteiger charge is -2.39. The molecule has 30 heavy (non-hydrogen) atoms. The Balaban J connectivity index is 1.16. The Morgan fingerprint density at radius 3 is 2.93 bits per heavy atom. The van der Waals surface area contributed by atoms with Crippen molar-refractivity contribution in [3.63, 3.8) is 0 Å². The molecule has 10 heteroatoms. The van der Waals surface area contributed by atoms with Gasteiger partial charge in [0, 0.05) is 30.0 Å². The average molecular weight is 427 g/mol. The second-order valence-electron chi connectivity index (χ2n) is 8.22. The number of benzene rings is 1. The molecule has 0 bridgehead atoms. The lowest BCUT2D eigenvalue weighted by atomic mass is 9.77. The molecule has 1 saturated heterocycles. The van der Waals surface area contributed by atoms with Crippen LogP contribution in [0.3, 0.4) is 0 Å². The number of aromatic carboxylic acids is 1. The van der Waals surface area contributed by atoms with Crippen molar-refractivity contribution >= 4 is 30.8 Å². The minimum atomic E-state index is -1.03. The second-order valence-corrected chi connectivity index (χ2v) is 9.35. The lowest BCUT2D eigenvalue weighted by Crippen LogP contribution is -2.50. The molecule has 3 N–H and O–H groups in total. The molecule has 0 radical (unpaired) electrons. The maximum Gasteiger partial charge on any atom is 0.526 e. The van der Waals surface area contributed by atoms with Gasteiger partial charge >= 0.3 is 13.1 Å². The number of hydrogen-bond acceptors (Lipinski definition) is 6. The van der Waals surface area contributed by atoms with Crippen molar-refractivity contribution in [3.8, 4) is 5.75 Å². The summed E-state index contributed by atoms with van der Waals surface area (Å²) in [5.74, 6) is 0.882. The number of rotatable bonds is 7. The van der Waals surface area contributed by atoms with Gasteiger partial charge in [0.25, 0.3) is 0 Å². The van der Waals surface area contributed by atoms with Gasteiger partial charge in [-0.15, -0.1) is 11.8 Å². The van der Waals surface area contributed by atoms with E-state index in [2.05, 4.69) is 9.97 Å². The zero-order valence-corrected chi connectivity index (χ0v) is 17.1. The van der Waals surface area contributed by atoms with Crippen LogP contribution in [-0.2, 0) is 11.2 Å². The highest BCUT2D eigenvalue weighted by atomic mass is 32.2. The molecule has 2 aliphatic heterocycles. The number of likely N-dealkylation sites (tertiary alicyclic amines) is 1. The van der Waals surface area contributed by atoms with Crippen LogP contribution in [0.4, 0.5) is 0 Å². The number of thioether (sulfide) groups is 1. The predicted molar refractivity (Wildman–Crippen MR) is 111 cm³/mol. The molecule has 3 heterocycles. The van der Waals surface area contributed by atoms with Crippen molar-refractivity contribution in [2.45, 2.75) is 35.9 Å². The van der Waals surface area contributed by atoms with E-state index in [1.807, 2.05) is 17.0 Å². The number of carbonyl (C=O) groups excluding carboxylic acids is 1. The van der Waals surface area contributed by atoms with E-state index in [1.165, 1.54) is 11.8 Å². The minimum absolute atomic E-state index is 0.0861. The van der Waals surface area contributed by atoms with Crippen LogP contribution in [0.5, 0.6) is 5.75 Å². The summed E-state index contributed by atoms with van der Waals surface area (Å²) in [7, 11) is -0.916. The summed E-state index contributed by atoms with van der Waals surface area (Å²) in [5.41, 5.74) is 1.81. The fraction of sp³-hybridized carbons (Fsp3) is 0.450. The number of carboxylic acids is 1. The first kappa shape index (κ1) is 19.5. The monoisotopic (exact) mass is 427 g/mol. The van der Waals surface area contributed by atoms with Crippen LogP contribution in [0.2, 0.25) is 5.82 Å². The van der Waals surface area contributed by atoms with Gasteiger partial charge in [-0.1, -0.05) is 6.07 Å². The molecule has 0 spiro atoms. The number of aromatic amines is 1. The molecule has 1 aromatic carbocycles. The van der Waals surface area contributed by atoms with Gasteiger partial charge in [-0.05, 0) is 42.1 Å². The van der Waals surface area contributed by atoms with E-state index in [-0.39, 0.29) is 23.2 Å². The zero-order chi connectivity index (χ0) is 20.8. The van der Waals surface area contributed by atoms with Crippen LogP contribution in [0.15, 0.2) is 29.6 Å². The van der Waals surface area contributed by atoms with E-state index in [4.69, 9.17) is 4.65 Å². The maximum atomic E-state index is 12.2. The maximum absolute atomic E-state index is 12.2.